The maximum absolute atomic E-state index is 12.9. The van der Waals surface area contributed by atoms with Gasteiger partial charge in [-0.1, -0.05) is 58.0 Å². The summed E-state index contributed by atoms with van der Waals surface area (Å²) in [5.41, 5.74) is 2.03. The summed E-state index contributed by atoms with van der Waals surface area (Å²) in [6.07, 6.45) is 0. The molecule has 0 spiro atoms. The monoisotopic (exact) mass is 424 g/mol. The number of aromatic nitrogens is 2. The molecule has 7 heteroatoms. The number of benzene rings is 2. The highest BCUT2D eigenvalue weighted by Gasteiger charge is 2.24. The van der Waals surface area contributed by atoms with E-state index in [1.165, 1.54) is 11.8 Å². The molecule has 0 N–H and O–H groups in total. The Morgan fingerprint density at radius 2 is 1.85 bits per heavy atom. The van der Waals surface area contributed by atoms with Gasteiger partial charge in [-0.2, -0.15) is 5.26 Å². The van der Waals surface area contributed by atoms with E-state index in [0.717, 1.165) is 15.7 Å². The maximum atomic E-state index is 12.9. The standard InChI is InChI=1S/C19H13BrN4OS/c20-14-6-8-15(9-7-14)23-11-24-18(25)16(10-21)17(22-19(24)26-12-23)13-4-2-1-3-5-13/h1-9H,11-12H2. The molecule has 3 aromatic rings. The number of nitriles is 1. The van der Waals surface area contributed by atoms with Crippen molar-refractivity contribution < 1.29 is 0 Å². The normalized spacial score (nSPS) is 13.2. The van der Waals surface area contributed by atoms with Gasteiger partial charge >= 0.3 is 0 Å². The van der Waals surface area contributed by atoms with Crippen LogP contribution in [0.25, 0.3) is 11.3 Å². The van der Waals surface area contributed by atoms with Gasteiger partial charge in [0.25, 0.3) is 5.56 Å². The van der Waals surface area contributed by atoms with Gasteiger partial charge in [0, 0.05) is 15.7 Å². The van der Waals surface area contributed by atoms with Crippen LogP contribution in [0.1, 0.15) is 5.56 Å². The van der Waals surface area contributed by atoms with E-state index >= 15 is 0 Å². The van der Waals surface area contributed by atoms with Crippen molar-refractivity contribution in [2.45, 2.75) is 11.8 Å². The van der Waals surface area contributed by atoms with Gasteiger partial charge in [-0.15, -0.1) is 0 Å². The van der Waals surface area contributed by atoms with Crippen molar-refractivity contribution in [1.82, 2.24) is 9.55 Å². The molecular formula is C19H13BrN4OS. The zero-order valence-corrected chi connectivity index (χ0v) is 16.0. The first-order valence-corrected chi connectivity index (χ1v) is 9.69. The smallest absolute Gasteiger partial charge is 0.274 e. The quantitative estimate of drug-likeness (QED) is 0.580. The zero-order chi connectivity index (χ0) is 18.1. The second kappa shape index (κ2) is 6.98. The predicted molar refractivity (Wildman–Crippen MR) is 106 cm³/mol. The molecule has 0 unspecified atom stereocenters. The molecule has 0 aliphatic carbocycles. The Hall–Kier alpha value is -2.56. The molecule has 5 nitrogen and oxygen atoms in total. The zero-order valence-electron chi connectivity index (χ0n) is 13.6. The summed E-state index contributed by atoms with van der Waals surface area (Å²) < 4.78 is 2.57. The van der Waals surface area contributed by atoms with Crippen LogP contribution in [0.3, 0.4) is 0 Å². The number of nitrogens with zero attached hydrogens (tertiary/aromatic N) is 4. The predicted octanol–water partition coefficient (Wildman–Crippen LogP) is 4.07. The van der Waals surface area contributed by atoms with Gasteiger partial charge in [0.15, 0.2) is 5.16 Å². The third-order valence-corrected chi connectivity index (χ3v) is 5.69. The van der Waals surface area contributed by atoms with Gasteiger partial charge in [-0.3, -0.25) is 9.36 Å². The summed E-state index contributed by atoms with van der Waals surface area (Å²) >= 11 is 4.93. The highest BCUT2D eigenvalue weighted by Crippen LogP contribution is 2.30. The lowest BCUT2D eigenvalue weighted by molar-refractivity contribution is 0.560. The van der Waals surface area contributed by atoms with Crippen LogP contribution in [0.15, 0.2) is 69.0 Å². The summed E-state index contributed by atoms with van der Waals surface area (Å²) in [6.45, 7) is 0.375. The van der Waals surface area contributed by atoms with E-state index < -0.39 is 0 Å². The molecule has 0 radical (unpaired) electrons. The Labute approximate surface area is 163 Å². The fraction of sp³-hybridized carbons (Fsp3) is 0.105. The number of rotatable bonds is 2. The average molecular weight is 425 g/mol. The van der Waals surface area contributed by atoms with Crippen LogP contribution in [0.4, 0.5) is 5.69 Å². The molecule has 4 rings (SSSR count). The van der Waals surface area contributed by atoms with Crippen LogP contribution in [-0.2, 0) is 6.67 Å². The molecule has 0 amide bonds. The van der Waals surface area contributed by atoms with Crippen molar-refractivity contribution in [1.29, 1.82) is 5.26 Å². The molecule has 1 aromatic heterocycles. The highest BCUT2D eigenvalue weighted by molar-refractivity contribution is 9.10. The summed E-state index contributed by atoms with van der Waals surface area (Å²) in [4.78, 5) is 19.6. The van der Waals surface area contributed by atoms with Crippen molar-refractivity contribution in [3.8, 4) is 17.3 Å². The largest absolute Gasteiger partial charge is 0.343 e. The molecule has 0 fully saturated rings. The minimum atomic E-state index is -0.300. The molecule has 0 saturated heterocycles. The fourth-order valence-corrected chi connectivity index (χ4v) is 4.05. The Morgan fingerprint density at radius 3 is 2.54 bits per heavy atom. The van der Waals surface area contributed by atoms with Crippen molar-refractivity contribution >= 4 is 33.4 Å². The molecule has 0 atom stereocenters. The van der Waals surface area contributed by atoms with Gasteiger partial charge in [-0.05, 0) is 24.3 Å². The van der Waals surface area contributed by atoms with Crippen molar-refractivity contribution in [2.24, 2.45) is 0 Å². The van der Waals surface area contributed by atoms with Gasteiger partial charge < -0.3 is 4.90 Å². The van der Waals surface area contributed by atoms with Gasteiger partial charge in [0.05, 0.1) is 11.6 Å². The SMILES string of the molecule is N#Cc1c(-c2ccccc2)nc2n(c1=O)CN(c1ccc(Br)cc1)CS2. The Kier molecular flexibility index (Phi) is 4.53. The molecule has 128 valence electrons. The summed E-state index contributed by atoms with van der Waals surface area (Å²) in [7, 11) is 0. The number of fused-ring (bicyclic) bond motifs is 1. The molecule has 1 aliphatic heterocycles. The average Bonchev–Trinajstić information content (AvgIpc) is 2.69. The minimum absolute atomic E-state index is 0.0817. The molecular weight excluding hydrogens is 412 g/mol. The topological polar surface area (TPSA) is 61.9 Å². The first-order chi connectivity index (χ1) is 12.7. The summed E-state index contributed by atoms with van der Waals surface area (Å²) in [6, 6.07) is 19.3. The van der Waals surface area contributed by atoms with E-state index in [9.17, 15) is 10.1 Å². The van der Waals surface area contributed by atoms with Crippen molar-refractivity contribution in [3.63, 3.8) is 0 Å². The van der Waals surface area contributed by atoms with Crippen LogP contribution in [-0.4, -0.2) is 15.4 Å². The number of thioether (sulfide) groups is 1. The van der Waals surface area contributed by atoms with E-state index in [2.05, 4.69) is 25.8 Å². The summed E-state index contributed by atoms with van der Waals surface area (Å²) in [5, 5.41) is 10.2. The van der Waals surface area contributed by atoms with Crippen LogP contribution >= 0.6 is 27.7 Å². The second-order valence-corrected chi connectivity index (χ2v) is 7.59. The number of hydrogen-bond acceptors (Lipinski definition) is 5. The lowest BCUT2D eigenvalue weighted by atomic mass is 10.1. The Bertz CT molecular complexity index is 1060. The van der Waals surface area contributed by atoms with Crippen molar-refractivity contribution in [3.05, 3.63) is 75.0 Å². The lowest BCUT2D eigenvalue weighted by Gasteiger charge is -2.31. The van der Waals surface area contributed by atoms with Crippen LogP contribution in [0.2, 0.25) is 0 Å². The molecule has 0 saturated carbocycles. The number of anilines is 1. The Balaban J connectivity index is 1.78. The lowest BCUT2D eigenvalue weighted by Crippen LogP contribution is -2.38. The first-order valence-electron chi connectivity index (χ1n) is 7.91. The van der Waals surface area contributed by atoms with E-state index in [4.69, 9.17) is 0 Å². The molecule has 0 bridgehead atoms. The number of halogens is 1. The molecule has 2 aromatic carbocycles. The minimum Gasteiger partial charge on any atom is -0.343 e. The van der Waals surface area contributed by atoms with Crippen molar-refractivity contribution in [2.75, 3.05) is 10.8 Å². The molecule has 2 heterocycles. The molecule has 26 heavy (non-hydrogen) atoms. The van der Waals surface area contributed by atoms with E-state index in [1.54, 1.807) is 4.57 Å². The number of hydrogen-bond donors (Lipinski definition) is 0. The van der Waals surface area contributed by atoms with Gasteiger partial charge in [0.1, 0.15) is 18.3 Å². The fourth-order valence-electron chi connectivity index (χ4n) is 2.83. The second-order valence-electron chi connectivity index (χ2n) is 5.76. The summed E-state index contributed by atoms with van der Waals surface area (Å²) in [5.74, 6) is 0.689. The van der Waals surface area contributed by atoms with Crippen LogP contribution in [0, 0.1) is 11.3 Å². The van der Waals surface area contributed by atoms with Gasteiger partial charge in [0.2, 0.25) is 0 Å². The third-order valence-electron chi connectivity index (χ3n) is 4.15. The van der Waals surface area contributed by atoms with E-state index in [0.29, 0.717) is 23.4 Å². The van der Waals surface area contributed by atoms with Crippen LogP contribution in [0.5, 0.6) is 0 Å². The Morgan fingerprint density at radius 1 is 1.12 bits per heavy atom. The van der Waals surface area contributed by atoms with E-state index in [1.807, 2.05) is 60.7 Å². The van der Waals surface area contributed by atoms with E-state index in [-0.39, 0.29) is 11.1 Å². The third kappa shape index (κ3) is 3.02. The van der Waals surface area contributed by atoms with Gasteiger partial charge in [-0.25, -0.2) is 4.98 Å². The molecule has 1 aliphatic rings. The maximum Gasteiger partial charge on any atom is 0.274 e. The van der Waals surface area contributed by atoms with Crippen LogP contribution < -0.4 is 10.5 Å². The highest BCUT2D eigenvalue weighted by atomic mass is 79.9. The first kappa shape index (κ1) is 16.9.